The Morgan fingerprint density at radius 2 is 1.96 bits per heavy atom. The van der Waals surface area contributed by atoms with E-state index in [0.29, 0.717) is 33.5 Å². The predicted molar refractivity (Wildman–Crippen MR) is 116 cm³/mol. The highest BCUT2D eigenvalue weighted by molar-refractivity contribution is 7.99. The molecule has 2 unspecified atom stereocenters. The fraction of sp³-hybridized carbons (Fsp3) is 0.571. The van der Waals surface area contributed by atoms with Crippen molar-refractivity contribution >= 4 is 40.2 Å². The highest BCUT2D eigenvalue weighted by atomic mass is 35.5. The molecule has 28 heavy (non-hydrogen) atoms. The number of thioether (sulfide) groups is 1. The van der Waals surface area contributed by atoms with Gasteiger partial charge in [0.25, 0.3) is 5.56 Å². The Morgan fingerprint density at radius 1 is 1.29 bits per heavy atom. The molecule has 0 bridgehead atoms. The highest BCUT2D eigenvalue weighted by Gasteiger charge is 2.29. The Balaban J connectivity index is 1.90. The molecule has 2 aromatic rings. The summed E-state index contributed by atoms with van der Waals surface area (Å²) in [6.45, 7) is 8.92. The molecule has 1 fully saturated rings. The van der Waals surface area contributed by atoms with E-state index in [1.165, 1.54) is 18.2 Å². The van der Waals surface area contributed by atoms with Crippen LogP contribution in [0.3, 0.4) is 0 Å². The average molecular weight is 422 g/mol. The number of amides is 1. The summed E-state index contributed by atoms with van der Waals surface area (Å²) < 4.78 is 1.70. The van der Waals surface area contributed by atoms with Crippen LogP contribution in [0.2, 0.25) is 5.02 Å². The van der Waals surface area contributed by atoms with E-state index in [0.717, 1.165) is 12.8 Å². The lowest BCUT2D eigenvalue weighted by Gasteiger charge is -2.39. The summed E-state index contributed by atoms with van der Waals surface area (Å²) in [5.74, 6) is 0.688. The molecule has 1 amide bonds. The van der Waals surface area contributed by atoms with Crippen molar-refractivity contribution in [3.63, 3.8) is 0 Å². The molecule has 5 nitrogen and oxygen atoms in total. The van der Waals surface area contributed by atoms with Gasteiger partial charge in [-0.1, -0.05) is 37.2 Å². The third-order valence-corrected chi connectivity index (χ3v) is 6.43. The number of aromatic nitrogens is 2. The molecule has 3 rings (SSSR count). The summed E-state index contributed by atoms with van der Waals surface area (Å²) >= 11 is 7.44. The van der Waals surface area contributed by atoms with E-state index in [2.05, 4.69) is 32.7 Å². The minimum atomic E-state index is -0.0787. The van der Waals surface area contributed by atoms with Crippen LogP contribution in [-0.2, 0) is 11.3 Å². The van der Waals surface area contributed by atoms with E-state index in [1.807, 2.05) is 4.90 Å². The van der Waals surface area contributed by atoms with Crippen molar-refractivity contribution < 1.29 is 4.79 Å². The second-order valence-electron chi connectivity index (χ2n) is 8.08. The molecule has 1 aromatic heterocycles. The second kappa shape index (κ2) is 8.87. The van der Waals surface area contributed by atoms with Crippen LogP contribution < -0.4 is 5.56 Å². The summed E-state index contributed by atoms with van der Waals surface area (Å²) in [5, 5.41) is 1.68. The zero-order valence-electron chi connectivity index (χ0n) is 16.9. The number of nitrogens with zero attached hydrogens (tertiary/aromatic N) is 3. The van der Waals surface area contributed by atoms with Crippen LogP contribution in [0, 0.1) is 5.92 Å². The van der Waals surface area contributed by atoms with Crippen LogP contribution in [0.25, 0.3) is 10.9 Å². The van der Waals surface area contributed by atoms with E-state index in [9.17, 15) is 9.59 Å². The first-order valence-corrected chi connectivity index (χ1v) is 11.3. The number of likely N-dealkylation sites (tertiary alicyclic amines) is 1. The number of halogens is 1. The van der Waals surface area contributed by atoms with Crippen molar-refractivity contribution in [1.82, 2.24) is 14.5 Å². The zero-order valence-corrected chi connectivity index (χ0v) is 18.5. The number of fused-ring (bicyclic) bond motifs is 1. The largest absolute Gasteiger partial charge is 0.337 e. The van der Waals surface area contributed by atoms with Gasteiger partial charge < -0.3 is 4.90 Å². The monoisotopic (exact) mass is 421 g/mol. The van der Waals surface area contributed by atoms with Crippen LogP contribution in [-0.4, -0.2) is 38.2 Å². The lowest BCUT2D eigenvalue weighted by molar-refractivity contribution is -0.134. The number of rotatable bonds is 5. The quantitative estimate of drug-likeness (QED) is 0.523. The van der Waals surface area contributed by atoms with Crippen LogP contribution in [0.15, 0.2) is 28.2 Å². The molecular formula is C21H28ClN3O2S. The van der Waals surface area contributed by atoms with Crippen molar-refractivity contribution in [2.45, 2.75) is 70.7 Å². The van der Waals surface area contributed by atoms with E-state index in [4.69, 9.17) is 11.6 Å². The number of benzene rings is 1. The van der Waals surface area contributed by atoms with Gasteiger partial charge in [-0.2, -0.15) is 0 Å². The molecule has 0 N–H and O–H groups in total. The summed E-state index contributed by atoms with van der Waals surface area (Å²) in [7, 11) is 0. The van der Waals surface area contributed by atoms with E-state index >= 15 is 0 Å². The van der Waals surface area contributed by atoms with Gasteiger partial charge in [-0.15, -0.1) is 0 Å². The molecule has 0 aliphatic carbocycles. The molecular weight excluding hydrogens is 394 g/mol. The maximum Gasteiger partial charge on any atom is 0.262 e. The average Bonchev–Trinajstić information content (AvgIpc) is 2.62. The molecule has 0 spiro atoms. The molecule has 1 saturated heterocycles. The van der Waals surface area contributed by atoms with Gasteiger partial charge in [-0.05, 0) is 57.2 Å². The van der Waals surface area contributed by atoms with Gasteiger partial charge in [0.15, 0.2) is 5.16 Å². The predicted octanol–water partition coefficient (Wildman–Crippen LogP) is 4.59. The fourth-order valence-corrected chi connectivity index (χ4v) is 4.97. The molecule has 1 aromatic carbocycles. The van der Waals surface area contributed by atoms with Crippen LogP contribution in [0.5, 0.6) is 0 Å². The van der Waals surface area contributed by atoms with E-state index < -0.39 is 0 Å². The zero-order chi connectivity index (χ0) is 20.4. The molecule has 2 atom stereocenters. The minimum absolute atomic E-state index is 0.0787. The maximum atomic E-state index is 13.0. The molecule has 0 saturated carbocycles. The van der Waals surface area contributed by atoms with Crippen LogP contribution in [0.1, 0.15) is 47.0 Å². The molecule has 152 valence electrons. The van der Waals surface area contributed by atoms with E-state index in [1.54, 1.807) is 22.8 Å². The summed E-state index contributed by atoms with van der Waals surface area (Å²) in [6, 6.07) is 5.66. The van der Waals surface area contributed by atoms with Crippen molar-refractivity contribution in [2.24, 2.45) is 5.92 Å². The Labute approximate surface area is 175 Å². The van der Waals surface area contributed by atoms with Gasteiger partial charge >= 0.3 is 0 Å². The molecule has 1 aliphatic rings. The van der Waals surface area contributed by atoms with Crippen molar-refractivity contribution in [3.8, 4) is 0 Å². The second-order valence-corrected chi connectivity index (χ2v) is 9.46. The van der Waals surface area contributed by atoms with Gasteiger partial charge in [0.1, 0.15) is 0 Å². The number of piperidine rings is 1. The van der Waals surface area contributed by atoms with Gasteiger partial charge in [-0.3, -0.25) is 14.2 Å². The Hall–Kier alpha value is -1.53. The molecule has 7 heteroatoms. The Kier molecular flexibility index (Phi) is 6.71. The number of carbonyl (C=O) groups excluding carboxylic acids is 1. The minimum Gasteiger partial charge on any atom is -0.337 e. The van der Waals surface area contributed by atoms with Crippen molar-refractivity contribution in [1.29, 1.82) is 0 Å². The first-order valence-electron chi connectivity index (χ1n) is 9.92. The SMILES string of the molecule is CC(C)Cn1c(SCC(=O)N2C(C)CCCC2C)nc2cc(Cl)ccc2c1=O. The third kappa shape index (κ3) is 4.54. The lowest BCUT2D eigenvalue weighted by Crippen LogP contribution is -2.48. The van der Waals surface area contributed by atoms with Crippen LogP contribution >= 0.6 is 23.4 Å². The standard InChI is InChI=1S/C21H28ClN3O2S/c1-13(2)11-24-20(27)17-9-8-16(22)10-18(17)23-21(24)28-12-19(26)25-14(3)6-5-7-15(25)4/h8-10,13-15H,5-7,11-12H2,1-4H3. The number of hydrogen-bond acceptors (Lipinski definition) is 4. The first-order chi connectivity index (χ1) is 13.3. The first kappa shape index (κ1) is 21.2. The topological polar surface area (TPSA) is 55.2 Å². The summed E-state index contributed by atoms with van der Waals surface area (Å²) in [6.07, 6.45) is 3.26. The van der Waals surface area contributed by atoms with Crippen molar-refractivity contribution in [2.75, 3.05) is 5.75 Å². The van der Waals surface area contributed by atoms with E-state index in [-0.39, 0.29) is 29.3 Å². The fourth-order valence-electron chi connectivity index (χ4n) is 3.92. The smallest absolute Gasteiger partial charge is 0.262 e. The lowest BCUT2D eigenvalue weighted by atomic mass is 9.98. The number of carbonyl (C=O) groups is 1. The molecule has 2 heterocycles. The third-order valence-electron chi connectivity index (χ3n) is 5.24. The maximum absolute atomic E-state index is 13.0. The van der Waals surface area contributed by atoms with Gasteiger partial charge in [0.2, 0.25) is 5.91 Å². The van der Waals surface area contributed by atoms with Crippen molar-refractivity contribution in [3.05, 3.63) is 33.6 Å². The Morgan fingerprint density at radius 3 is 2.61 bits per heavy atom. The van der Waals surface area contributed by atoms with Gasteiger partial charge in [0, 0.05) is 23.7 Å². The highest BCUT2D eigenvalue weighted by Crippen LogP contribution is 2.26. The molecule has 1 aliphatic heterocycles. The number of hydrogen-bond donors (Lipinski definition) is 0. The summed E-state index contributed by atoms with van der Waals surface area (Å²) in [5.41, 5.74) is 0.497. The van der Waals surface area contributed by atoms with Gasteiger partial charge in [0.05, 0.1) is 16.7 Å². The van der Waals surface area contributed by atoms with Crippen LogP contribution in [0.4, 0.5) is 0 Å². The molecule has 0 radical (unpaired) electrons. The normalized spacial score (nSPS) is 20.1. The Bertz CT molecular complexity index is 918. The van der Waals surface area contributed by atoms with Gasteiger partial charge in [-0.25, -0.2) is 4.98 Å². The summed E-state index contributed by atoms with van der Waals surface area (Å²) in [4.78, 5) is 32.6.